The van der Waals surface area contributed by atoms with Crippen molar-refractivity contribution in [3.05, 3.63) is 81.7 Å². The van der Waals surface area contributed by atoms with Gasteiger partial charge in [-0.1, -0.05) is 41.9 Å². The number of rotatable bonds is 6. The van der Waals surface area contributed by atoms with Crippen LogP contribution in [0.25, 0.3) is 22.2 Å². The zero-order valence-electron chi connectivity index (χ0n) is 18.8. The Morgan fingerprint density at radius 2 is 1.97 bits per heavy atom. The molecular formula is C26H25ClN4O3. The van der Waals surface area contributed by atoms with E-state index in [1.54, 1.807) is 17.9 Å². The molecule has 1 N–H and O–H groups in total. The highest BCUT2D eigenvalue weighted by molar-refractivity contribution is 6.33. The van der Waals surface area contributed by atoms with Gasteiger partial charge in [-0.15, -0.1) is 0 Å². The van der Waals surface area contributed by atoms with Gasteiger partial charge in [-0.3, -0.25) is 4.79 Å². The number of anilines is 1. The highest BCUT2D eigenvalue weighted by Gasteiger charge is 2.18. The summed E-state index contributed by atoms with van der Waals surface area (Å²) in [5.41, 5.74) is 2.58. The standard InChI is InChI=1S/C26H25ClN4O3/c1-33-20-6-4-5-17(13-20)16-31-23(21-7-2-3-8-22(21)27)14-18-15-28-26(30-24(18)25(31)32)29-19-9-11-34-12-10-19/h2-8,13-15,19H,9-12,16H2,1H3,(H,28,29,30). The molecule has 1 aliphatic rings. The van der Waals surface area contributed by atoms with Crippen LogP contribution in [0, 0.1) is 0 Å². The summed E-state index contributed by atoms with van der Waals surface area (Å²) in [6, 6.07) is 17.3. The van der Waals surface area contributed by atoms with Gasteiger partial charge in [-0.25, -0.2) is 9.97 Å². The van der Waals surface area contributed by atoms with E-state index in [1.165, 1.54) is 0 Å². The lowest BCUT2D eigenvalue weighted by Crippen LogP contribution is -2.29. The van der Waals surface area contributed by atoms with Gasteiger partial charge in [0.15, 0.2) is 0 Å². The van der Waals surface area contributed by atoms with E-state index >= 15 is 0 Å². The molecule has 174 valence electrons. The van der Waals surface area contributed by atoms with Gasteiger partial charge in [0, 0.05) is 41.4 Å². The molecule has 1 saturated heterocycles. The first-order valence-electron chi connectivity index (χ1n) is 11.2. The van der Waals surface area contributed by atoms with Crippen LogP contribution in [0.15, 0.2) is 65.6 Å². The number of nitrogens with zero attached hydrogens (tertiary/aromatic N) is 3. The van der Waals surface area contributed by atoms with Gasteiger partial charge in [0.1, 0.15) is 11.3 Å². The zero-order valence-corrected chi connectivity index (χ0v) is 19.6. The van der Waals surface area contributed by atoms with E-state index in [0.29, 0.717) is 47.3 Å². The summed E-state index contributed by atoms with van der Waals surface area (Å²) in [4.78, 5) is 22.9. The largest absolute Gasteiger partial charge is 0.497 e. The molecule has 4 aromatic rings. The summed E-state index contributed by atoms with van der Waals surface area (Å²) in [5.74, 6) is 1.19. The van der Waals surface area contributed by atoms with E-state index in [4.69, 9.17) is 21.1 Å². The second kappa shape index (κ2) is 9.83. The van der Waals surface area contributed by atoms with Crippen LogP contribution in [0.1, 0.15) is 18.4 Å². The van der Waals surface area contributed by atoms with Crippen molar-refractivity contribution in [1.82, 2.24) is 14.5 Å². The lowest BCUT2D eigenvalue weighted by molar-refractivity contribution is 0.0903. The number of fused-ring (bicyclic) bond motifs is 1. The Morgan fingerprint density at radius 1 is 1.15 bits per heavy atom. The fraction of sp³-hybridized carbons (Fsp3) is 0.269. The zero-order chi connectivity index (χ0) is 23.5. The minimum absolute atomic E-state index is 0.201. The normalized spacial score (nSPS) is 14.3. The molecule has 7 nitrogen and oxygen atoms in total. The van der Waals surface area contributed by atoms with Crippen LogP contribution in [0.4, 0.5) is 5.95 Å². The number of nitrogens with one attached hydrogen (secondary N) is 1. The van der Waals surface area contributed by atoms with Crippen molar-refractivity contribution in [1.29, 1.82) is 0 Å². The summed E-state index contributed by atoms with van der Waals surface area (Å²) in [6.07, 6.45) is 3.46. The van der Waals surface area contributed by atoms with Crippen molar-refractivity contribution in [2.45, 2.75) is 25.4 Å². The smallest absolute Gasteiger partial charge is 0.278 e. The van der Waals surface area contributed by atoms with Crippen molar-refractivity contribution in [2.24, 2.45) is 0 Å². The molecule has 5 rings (SSSR count). The molecule has 0 radical (unpaired) electrons. The van der Waals surface area contributed by atoms with Crippen LogP contribution < -0.4 is 15.6 Å². The molecular weight excluding hydrogens is 452 g/mol. The summed E-state index contributed by atoms with van der Waals surface area (Å²) in [7, 11) is 1.63. The first-order chi connectivity index (χ1) is 16.6. The van der Waals surface area contributed by atoms with E-state index in [0.717, 1.165) is 29.7 Å². The van der Waals surface area contributed by atoms with Crippen LogP contribution in [0.2, 0.25) is 5.02 Å². The Hall–Kier alpha value is -3.42. The predicted octanol–water partition coefficient (Wildman–Crippen LogP) is 4.76. The molecule has 0 aliphatic carbocycles. The molecule has 2 aromatic heterocycles. The van der Waals surface area contributed by atoms with Gasteiger partial charge in [0.2, 0.25) is 5.95 Å². The van der Waals surface area contributed by atoms with Crippen molar-refractivity contribution in [2.75, 3.05) is 25.6 Å². The van der Waals surface area contributed by atoms with Gasteiger partial charge >= 0.3 is 0 Å². The molecule has 1 aliphatic heterocycles. The molecule has 2 aromatic carbocycles. The number of hydrogen-bond acceptors (Lipinski definition) is 6. The Morgan fingerprint density at radius 3 is 2.76 bits per heavy atom. The molecule has 34 heavy (non-hydrogen) atoms. The SMILES string of the molecule is COc1cccc(Cn2c(-c3ccccc3Cl)cc3cnc(NC4CCOCC4)nc3c2=O)c1. The first kappa shape index (κ1) is 22.4. The van der Waals surface area contributed by atoms with Crippen LogP contribution in [0.3, 0.4) is 0 Å². The van der Waals surface area contributed by atoms with Crippen LogP contribution in [0.5, 0.6) is 5.75 Å². The van der Waals surface area contributed by atoms with E-state index in [9.17, 15) is 4.79 Å². The minimum Gasteiger partial charge on any atom is -0.497 e. The molecule has 0 bridgehead atoms. The molecule has 0 spiro atoms. The van der Waals surface area contributed by atoms with Crippen molar-refractivity contribution >= 4 is 28.5 Å². The molecule has 0 amide bonds. The number of benzene rings is 2. The maximum Gasteiger partial charge on any atom is 0.278 e. The summed E-state index contributed by atoms with van der Waals surface area (Å²) in [5, 5.41) is 4.59. The van der Waals surface area contributed by atoms with Crippen molar-refractivity contribution in [3.8, 4) is 17.0 Å². The molecule has 8 heteroatoms. The van der Waals surface area contributed by atoms with Crippen LogP contribution in [-0.4, -0.2) is 40.9 Å². The van der Waals surface area contributed by atoms with Crippen molar-refractivity contribution in [3.63, 3.8) is 0 Å². The first-order valence-corrected chi connectivity index (χ1v) is 11.6. The highest BCUT2D eigenvalue weighted by Crippen LogP contribution is 2.29. The summed E-state index contributed by atoms with van der Waals surface area (Å²) >= 11 is 6.53. The Bertz CT molecular complexity index is 1380. The van der Waals surface area contributed by atoms with Gasteiger partial charge in [0.05, 0.1) is 19.3 Å². The highest BCUT2D eigenvalue weighted by atomic mass is 35.5. The predicted molar refractivity (Wildman–Crippen MR) is 134 cm³/mol. The molecule has 3 heterocycles. The molecule has 1 fully saturated rings. The number of hydrogen-bond donors (Lipinski definition) is 1. The number of pyridine rings is 1. The van der Waals surface area contributed by atoms with Crippen molar-refractivity contribution < 1.29 is 9.47 Å². The maximum atomic E-state index is 13.8. The second-order valence-corrected chi connectivity index (χ2v) is 8.69. The van der Waals surface area contributed by atoms with E-state index < -0.39 is 0 Å². The summed E-state index contributed by atoms with van der Waals surface area (Å²) in [6.45, 7) is 1.76. The van der Waals surface area contributed by atoms with E-state index in [-0.39, 0.29) is 11.6 Å². The average Bonchev–Trinajstić information content (AvgIpc) is 2.87. The summed E-state index contributed by atoms with van der Waals surface area (Å²) < 4.78 is 12.5. The van der Waals surface area contributed by atoms with Crippen LogP contribution in [-0.2, 0) is 11.3 Å². The minimum atomic E-state index is -0.201. The number of aromatic nitrogens is 3. The lowest BCUT2D eigenvalue weighted by atomic mass is 10.1. The fourth-order valence-corrected chi connectivity index (χ4v) is 4.46. The average molecular weight is 477 g/mol. The second-order valence-electron chi connectivity index (χ2n) is 8.28. The van der Waals surface area contributed by atoms with Crippen LogP contribution >= 0.6 is 11.6 Å². The maximum absolute atomic E-state index is 13.8. The van der Waals surface area contributed by atoms with Gasteiger partial charge in [0.25, 0.3) is 5.56 Å². The third-order valence-electron chi connectivity index (χ3n) is 6.03. The Balaban J connectivity index is 1.63. The van der Waals surface area contributed by atoms with Gasteiger partial charge < -0.3 is 19.4 Å². The molecule has 0 atom stereocenters. The van der Waals surface area contributed by atoms with E-state index in [1.807, 2.05) is 54.6 Å². The Labute approximate surface area is 202 Å². The number of ether oxygens (including phenoxy) is 2. The quantitative estimate of drug-likeness (QED) is 0.432. The fourth-order valence-electron chi connectivity index (χ4n) is 4.23. The van der Waals surface area contributed by atoms with Gasteiger partial charge in [-0.2, -0.15) is 0 Å². The third-order valence-corrected chi connectivity index (χ3v) is 6.36. The van der Waals surface area contributed by atoms with E-state index in [2.05, 4.69) is 15.3 Å². The lowest BCUT2D eigenvalue weighted by Gasteiger charge is -2.23. The number of halogens is 1. The molecule has 0 unspecified atom stereocenters. The topological polar surface area (TPSA) is 78.3 Å². The number of methoxy groups -OCH3 is 1. The Kier molecular flexibility index (Phi) is 6.47. The monoisotopic (exact) mass is 476 g/mol. The third kappa shape index (κ3) is 4.62. The van der Waals surface area contributed by atoms with Gasteiger partial charge in [-0.05, 0) is 42.7 Å². The molecule has 0 saturated carbocycles.